The number of hydrogen-bond donors (Lipinski definition) is 2. The Kier molecular flexibility index (Phi) is 3.73. The van der Waals surface area contributed by atoms with Crippen LogP contribution in [0.5, 0.6) is 0 Å². The van der Waals surface area contributed by atoms with E-state index in [1.165, 1.54) is 5.32 Å². The van der Waals surface area contributed by atoms with Crippen molar-refractivity contribution < 1.29 is 36.6 Å². The highest BCUT2D eigenvalue weighted by Gasteiger charge is 2.63. The molecule has 0 fully saturated rings. The molecule has 19 heavy (non-hydrogen) atoms. The zero-order chi connectivity index (χ0) is 14.8. The zero-order valence-electron chi connectivity index (χ0n) is 8.83. The number of carboxylic acids is 1. The van der Waals surface area contributed by atoms with Crippen LogP contribution in [0.3, 0.4) is 0 Å². The number of nitrogens with one attached hydrogen (secondary N) is 1. The van der Waals surface area contributed by atoms with Crippen molar-refractivity contribution in [3.8, 4) is 0 Å². The molecule has 1 heterocycles. The van der Waals surface area contributed by atoms with Gasteiger partial charge in [0.2, 0.25) is 0 Å². The van der Waals surface area contributed by atoms with Gasteiger partial charge in [0, 0.05) is 6.20 Å². The average molecular weight is 284 g/mol. The third-order valence-electron chi connectivity index (χ3n) is 1.89. The van der Waals surface area contributed by atoms with Gasteiger partial charge in [0.15, 0.2) is 0 Å². The van der Waals surface area contributed by atoms with Gasteiger partial charge in [-0.25, -0.2) is 9.78 Å². The second-order valence-corrected chi connectivity index (χ2v) is 3.26. The number of alkyl halides is 5. The summed E-state index contributed by atoms with van der Waals surface area (Å²) in [5.74, 6) is -10.4. The van der Waals surface area contributed by atoms with Crippen LogP contribution in [0.2, 0.25) is 0 Å². The number of nitrogens with zero attached hydrogens (tertiary/aromatic N) is 1. The Bertz CT molecular complexity index is 515. The highest BCUT2D eigenvalue weighted by Crippen LogP contribution is 2.36. The molecular weight excluding hydrogens is 279 g/mol. The fourth-order valence-corrected chi connectivity index (χ4v) is 0.955. The Balaban J connectivity index is 2.95. The Morgan fingerprint density at radius 3 is 2.26 bits per heavy atom. The van der Waals surface area contributed by atoms with Crippen LogP contribution < -0.4 is 5.32 Å². The first-order valence-corrected chi connectivity index (χ1v) is 4.51. The van der Waals surface area contributed by atoms with Gasteiger partial charge in [0.25, 0.3) is 0 Å². The Morgan fingerprint density at radius 2 is 1.79 bits per heavy atom. The molecule has 0 spiro atoms. The number of carboxylic acid groups (broad SMARTS) is 1. The first-order valence-electron chi connectivity index (χ1n) is 4.51. The van der Waals surface area contributed by atoms with Gasteiger partial charge in [-0.15, -0.1) is 0 Å². The first-order chi connectivity index (χ1) is 8.55. The van der Waals surface area contributed by atoms with Gasteiger partial charge < -0.3 is 10.4 Å². The smallest absolute Gasteiger partial charge is 0.463 e. The second kappa shape index (κ2) is 4.78. The standard InChI is InChI=1S/C9H5F5N2O3/c10-8(11,9(12,13)14)7(19)16-5-3-4(6(17)18)1-2-15-5/h1-3H,(H,17,18)(H,15,16,19). The van der Waals surface area contributed by atoms with Gasteiger partial charge in [-0.2, -0.15) is 22.0 Å². The summed E-state index contributed by atoms with van der Waals surface area (Å²) in [5, 5.41) is 9.76. The number of halogens is 5. The van der Waals surface area contributed by atoms with E-state index >= 15 is 0 Å². The van der Waals surface area contributed by atoms with E-state index in [-0.39, 0.29) is 0 Å². The van der Waals surface area contributed by atoms with Crippen LogP contribution in [0.1, 0.15) is 10.4 Å². The van der Waals surface area contributed by atoms with Gasteiger partial charge >= 0.3 is 24.0 Å². The number of rotatable bonds is 3. The van der Waals surface area contributed by atoms with Crippen molar-refractivity contribution in [2.45, 2.75) is 12.1 Å². The maximum atomic E-state index is 12.6. The molecule has 0 aliphatic carbocycles. The molecule has 10 heteroatoms. The lowest BCUT2D eigenvalue weighted by molar-refractivity contribution is -0.267. The summed E-state index contributed by atoms with van der Waals surface area (Å²) in [7, 11) is 0. The van der Waals surface area contributed by atoms with Crippen LogP contribution in [-0.2, 0) is 4.79 Å². The first kappa shape index (κ1) is 14.8. The minimum atomic E-state index is -6.05. The Labute approximate surface area is 102 Å². The summed E-state index contributed by atoms with van der Waals surface area (Å²) in [6, 6.07) is 1.62. The third-order valence-corrected chi connectivity index (χ3v) is 1.89. The summed E-state index contributed by atoms with van der Waals surface area (Å²) in [6.45, 7) is 0. The number of aromatic carboxylic acids is 1. The predicted octanol–water partition coefficient (Wildman–Crippen LogP) is 1.92. The molecule has 0 aliphatic heterocycles. The van der Waals surface area contributed by atoms with E-state index in [4.69, 9.17) is 5.11 Å². The monoisotopic (exact) mass is 284 g/mol. The van der Waals surface area contributed by atoms with Crippen molar-refractivity contribution in [2.75, 3.05) is 5.32 Å². The van der Waals surface area contributed by atoms with Crippen LogP contribution in [0.15, 0.2) is 18.3 Å². The van der Waals surface area contributed by atoms with E-state index in [0.717, 1.165) is 12.3 Å². The van der Waals surface area contributed by atoms with Crippen LogP contribution in [0.4, 0.5) is 27.8 Å². The number of amides is 1. The summed E-state index contributed by atoms with van der Waals surface area (Å²) >= 11 is 0. The normalized spacial score (nSPS) is 12.1. The summed E-state index contributed by atoms with van der Waals surface area (Å²) in [6.07, 6.45) is -5.22. The van der Waals surface area contributed by atoms with E-state index in [2.05, 4.69) is 4.98 Å². The van der Waals surface area contributed by atoms with E-state index in [1.54, 1.807) is 0 Å². The molecule has 0 aliphatic rings. The lowest BCUT2D eigenvalue weighted by Gasteiger charge is -2.18. The number of carbonyl (C=O) groups excluding carboxylic acids is 1. The van der Waals surface area contributed by atoms with Crippen molar-refractivity contribution in [1.82, 2.24) is 4.98 Å². The fourth-order valence-electron chi connectivity index (χ4n) is 0.955. The topological polar surface area (TPSA) is 79.3 Å². The number of hydrogen-bond acceptors (Lipinski definition) is 3. The van der Waals surface area contributed by atoms with E-state index in [9.17, 15) is 31.5 Å². The van der Waals surface area contributed by atoms with E-state index in [0.29, 0.717) is 6.07 Å². The molecule has 1 amide bonds. The summed E-state index contributed by atoms with van der Waals surface area (Å²) in [5.41, 5.74) is -0.430. The molecule has 104 valence electrons. The molecule has 1 aromatic rings. The molecule has 1 rings (SSSR count). The quantitative estimate of drug-likeness (QED) is 0.831. The SMILES string of the molecule is O=C(O)c1ccnc(NC(=O)C(F)(F)C(F)(F)F)c1. The summed E-state index contributed by atoms with van der Waals surface area (Å²) in [4.78, 5) is 24.6. The molecule has 5 nitrogen and oxygen atoms in total. The van der Waals surface area contributed by atoms with E-state index < -0.39 is 35.4 Å². The minimum Gasteiger partial charge on any atom is -0.478 e. The van der Waals surface area contributed by atoms with Crippen molar-refractivity contribution in [2.24, 2.45) is 0 Å². The zero-order valence-corrected chi connectivity index (χ0v) is 8.83. The predicted molar refractivity (Wildman–Crippen MR) is 50.8 cm³/mol. The molecule has 0 aromatic carbocycles. The van der Waals surface area contributed by atoms with Crippen LogP contribution in [-0.4, -0.2) is 34.1 Å². The molecule has 2 N–H and O–H groups in total. The fraction of sp³-hybridized carbons (Fsp3) is 0.222. The third kappa shape index (κ3) is 3.14. The van der Waals surface area contributed by atoms with Crippen LogP contribution >= 0.6 is 0 Å². The molecular formula is C9H5F5N2O3. The molecule has 0 unspecified atom stereocenters. The number of pyridine rings is 1. The van der Waals surface area contributed by atoms with Crippen molar-refractivity contribution in [1.29, 1.82) is 0 Å². The van der Waals surface area contributed by atoms with Gasteiger partial charge in [-0.3, -0.25) is 4.79 Å². The number of carbonyl (C=O) groups is 2. The molecule has 0 radical (unpaired) electrons. The van der Waals surface area contributed by atoms with Crippen molar-refractivity contribution >= 4 is 17.7 Å². The van der Waals surface area contributed by atoms with Crippen molar-refractivity contribution in [3.63, 3.8) is 0 Å². The maximum Gasteiger partial charge on any atom is 0.463 e. The van der Waals surface area contributed by atoms with Gasteiger partial charge in [0.1, 0.15) is 5.82 Å². The van der Waals surface area contributed by atoms with E-state index in [1.807, 2.05) is 0 Å². The van der Waals surface area contributed by atoms with Gasteiger partial charge in [-0.05, 0) is 12.1 Å². The minimum absolute atomic E-state index is 0.430. The average Bonchev–Trinajstić information content (AvgIpc) is 2.27. The number of anilines is 1. The van der Waals surface area contributed by atoms with Crippen LogP contribution in [0.25, 0.3) is 0 Å². The highest BCUT2D eigenvalue weighted by molar-refractivity contribution is 5.97. The van der Waals surface area contributed by atoms with Gasteiger partial charge in [-0.1, -0.05) is 0 Å². The number of aromatic nitrogens is 1. The lowest BCUT2D eigenvalue weighted by Crippen LogP contribution is -2.47. The van der Waals surface area contributed by atoms with Crippen LogP contribution in [0, 0.1) is 0 Å². The molecule has 0 saturated carbocycles. The molecule has 1 aromatic heterocycles. The molecule has 0 saturated heterocycles. The summed E-state index contributed by atoms with van der Waals surface area (Å²) < 4.78 is 60.8. The lowest BCUT2D eigenvalue weighted by atomic mass is 10.2. The second-order valence-electron chi connectivity index (χ2n) is 3.26. The largest absolute Gasteiger partial charge is 0.478 e. The molecule has 0 bridgehead atoms. The highest BCUT2D eigenvalue weighted by atomic mass is 19.4. The Hall–Kier alpha value is -2.26. The molecule has 0 atom stereocenters. The maximum absolute atomic E-state index is 12.6. The van der Waals surface area contributed by atoms with Crippen molar-refractivity contribution in [3.05, 3.63) is 23.9 Å². The van der Waals surface area contributed by atoms with Gasteiger partial charge in [0.05, 0.1) is 5.56 Å². The Morgan fingerprint density at radius 1 is 1.21 bits per heavy atom.